The summed E-state index contributed by atoms with van der Waals surface area (Å²) in [4.78, 5) is 0. The Labute approximate surface area is 132 Å². The van der Waals surface area contributed by atoms with Crippen LogP contribution in [0.15, 0.2) is 36.5 Å². The van der Waals surface area contributed by atoms with Crippen LogP contribution < -0.4 is 10.6 Å². The summed E-state index contributed by atoms with van der Waals surface area (Å²) in [7, 11) is 0. The van der Waals surface area contributed by atoms with Crippen LogP contribution in [0.25, 0.3) is 5.69 Å². The van der Waals surface area contributed by atoms with Gasteiger partial charge in [-0.3, -0.25) is 0 Å². The van der Waals surface area contributed by atoms with Crippen molar-refractivity contribution < 1.29 is 0 Å². The Kier molecular flexibility index (Phi) is 3.68. The van der Waals surface area contributed by atoms with Gasteiger partial charge >= 0.3 is 0 Å². The van der Waals surface area contributed by atoms with Crippen LogP contribution in [-0.4, -0.2) is 48.3 Å². The number of hydrogen-bond acceptors (Lipinski definition) is 7. The van der Waals surface area contributed by atoms with E-state index in [-0.39, 0.29) is 0 Å². The summed E-state index contributed by atoms with van der Waals surface area (Å²) in [6, 6.07) is 10.1. The van der Waals surface area contributed by atoms with Gasteiger partial charge in [0, 0.05) is 6.54 Å². The van der Waals surface area contributed by atoms with Crippen molar-refractivity contribution >= 4 is 5.95 Å². The third kappa shape index (κ3) is 2.90. The molecule has 9 nitrogen and oxygen atoms in total. The summed E-state index contributed by atoms with van der Waals surface area (Å²) in [6.45, 7) is 2.50. The van der Waals surface area contributed by atoms with Gasteiger partial charge in [0.1, 0.15) is 5.69 Å². The molecule has 0 spiro atoms. The highest BCUT2D eigenvalue weighted by Gasteiger charge is 2.18. The van der Waals surface area contributed by atoms with E-state index in [0.29, 0.717) is 18.5 Å². The van der Waals surface area contributed by atoms with Crippen LogP contribution in [0, 0.1) is 0 Å². The second-order valence-electron chi connectivity index (χ2n) is 5.44. The molecule has 0 amide bonds. The molecule has 23 heavy (non-hydrogen) atoms. The summed E-state index contributed by atoms with van der Waals surface area (Å²) < 4.78 is 3.59. The first-order valence-electron chi connectivity index (χ1n) is 7.59. The fraction of sp³-hybridized carbons (Fsp3) is 0.357. The molecule has 0 radical (unpaired) electrons. The summed E-state index contributed by atoms with van der Waals surface area (Å²) >= 11 is 0. The molecular weight excluding hydrogens is 294 g/mol. The fourth-order valence-corrected chi connectivity index (χ4v) is 2.65. The molecule has 3 aromatic rings. The molecule has 0 saturated carbocycles. The lowest BCUT2D eigenvalue weighted by molar-refractivity contribution is 0.476. The maximum Gasteiger partial charge on any atom is 0.248 e. The molecule has 1 atom stereocenters. The molecule has 1 aliphatic heterocycles. The molecule has 3 heterocycles. The molecular formula is C14H17N9. The number of hydrogen-bond donors (Lipinski definition) is 2. The molecule has 0 aliphatic carbocycles. The number of nitrogens with one attached hydrogen (secondary N) is 2. The highest BCUT2D eigenvalue weighted by atomic mass is 15.6. The van der Waals surface area contributed by atoms with Gasteiger partial charge in [-0.1, -0.05) is 28.5 Å². The minimum absolute atomic E-state index is 0.394. The van der Waals surface area contributed by atoms with Crippen molar-refractivity contribution in [1.82, 2.24) is 40.5 Å². The smallest absolute Gasteiger partial charge is 0.248 e. The zero-order valence-corrected chi connectivity index (χ0v) is 12.5. The summed E-state index contributed by atoms with van der Waals surface area (Å²) in [5.74, 6) is 0.577. The van der Waals surface area contributed by atoms with E-state index in [0.717, 1.165) is 30.9 Å². The SMILES string of the molecule is c1ccc(-n2nnnc2NCc2cn([C@H]3CCNC3)nn2)cc1. The lowest BCUT2D eigenvalue weighted by atomic mass is 10.3. The Morgan fingerprint density at radius 2 is 2.09 bits per heavy atom. The van der Waals surface area contributed by atoms with E-state index in [1.165, 1.54) is 0 Å². The van der Waals surface area contributed by atoms with Crippen molar-refractivity contribution in [2.75, 3.05) is 18.4 Å². The van der Waals surface area contributed by atoms with Gasteiger partial charge in [-0.2, -0.15) is 4.68 Å². The maximum atomic E-state index is 4.21. The number of rotatable bonds is 5. The largest absolute Gasteiger partial charge is 0.347 e. The number of nitrogens with zero attached hydrogens (tertiary/aromatic N) is 7. The predicted molar refractivity (Wildman–Crippen MR) is 83.0 cm³/mol. The lowest BCUT2D eigenvalue weighted by Gasteiger charge is -2.06. The molecule has 2 N–H and O–H groups in total. The average Bonchev–Trinajstić information content (AvgIpc) is 3.33. The summed E-state index contributed by atoms with van der Waals surface area (Å²) in [5, 5.41) is 26.7. The molecule has 118 valence electrons. The van der Waals surface area contributed by atoms with E-state index < -0.39 is 0 Å². The summed E-state index contributed by atoms with van der Waals surface area (Å²) in [5.41, 5.74) is 1.76. The number of anilines is 1. The van der Waals surface area contributed by atoms with Gasteiger partial charge in [-0.05, 0) is 35.5 Å². The zero-order chi connectivity index (χ0) is 15.5. The van der Waals surface area contributed by atoms with Gasteiger partial charge < -0.3 is 10.6 Å². The van der Waals surface area contributed by atoms with Crippen LogP contribution in [0.5, 0.6) is 0 Å². The van der Waals surface area contributed by atoms with Gasteiger partial charge in [0.25, 0.3) is 0 Å². The topological polar surface area (TPSA) is 98.4 Å². The van der Waals surface area contributed by atoms with Crippen LogP contribution >= 0.6 is 0 Å². The van der Waals surface area contributed by atoms with E-state index in [2.05, 4.69) is 36.5 Å². The van der Waals surface area contributed by atoms with Crippen LogP contribution in [0.3, 0.4) is 0 Å². The molecule has 2 aromatic heterocycles. The van der Waals surface area contributed by atoms with Gasteiger partial charge in [0.05, 0.1) is 24.5 Å². The van der Waals surface area contributed by atoms with E-state index >= 15 is 0 Å². The first kappa shape index (κ1) is 13.8. The first-order valence-corrected chi connectivity index (χ1v) is 7.59. The second-order valence-corrected chi connectivity index (χ2v) is 5.44. The van der Waals surface area contributed by atoms with Crippen molar-refractivity contribution in [2.24, 2.45) is 0 Å². The average molecular weight is 311 g/mol. The Morgan fingerprint density at radius 3 is 2.91 bits per heavy atom. The molecule has 1 fully saturated rings. The number of benzene rings is 1. The Hall–Kier alpha value is -2.81. The van der Waals surface area contributed by atoms with Gasteiger partial charge in [0.2, 0.25) is 5.95 Å². The van der Waals surface area contributed by atoms with Crippen molar-refractivity contribution in [1.29, 1.82) is 0 Å². The van der Waals surface area contributed by atoms with Gasteiger partial charge in [-0.15, -0.1) is 5.10 Å². The predicted octanol–water partition coefficient (Wildman–Crippen LogP) is 0.400. The van der Waals surface area contributed by atoms with E-state index in [1.807, 2.05) is 41.2 Å². The Bertz CT molecular complexity index is 757. The zero-order valence-electron chi connectivity index (χ0n) is 12.5. The number of para-hydroxylation sites is 1. The number of aromatic nitrogens is 7. The van der Waals surface area contributed by atoms with Gasteiger partial charge in [0.15, 0.2) is 0 Å². The number of tetrazole rings is 1. The molecule has 1 aromatic carbocycles. The Balaban J connectivity index is 1.45. The van der Waals surface area contributed by atoms with Crippen molar-refractivity contribution in [3.63, 3.8) is 0 Å². The fourth-order valence-electron chi connectivity index (χ4n) is 2.65. The summed E-state index contributed by atoms with van der Waals surface area (Å²) in [6.07, 6.45) is 3.06. The van der Waals surface area contributed by atoms with Crippen molar-refractivity contribution in [3.05, 3.63) is 42.2 Å². The van der Waals surface area contributed by atoms with E-state index in [4.69, 9.17) is 0 Å². The van der Waals surface area contributed by atoms with E-state index in [1.54, 1.807) is 4.68 Å². The van der Waals surface area contributed by atoms with Crippen molar-refractivity contribution in [3.8, 4) is 5.69 Å². The van der Waals surface area contributed by atoms with Crippen LogP contribution in [0.1, 0.15) is 18.2 Å². The third-order valence-electron chi connectivity index (χ3n) is 3.86. The molecule has 1 aliphatic rings. The minimum atomic E-state index is 0.394. The van der Waals surface area contributed by atoms with Crippen molar-refractivity contribution in [2.45, 2.75) is 19.0 Å². The first-order chi connectivity index (χ1) is 11.4. The lowest BCUT2D eigenvalue weighted by Crippen LogP contribution is -2.13. The Morgan fingerprint density at radius 1 is 1.17 bits per heavy atom. The van der Waals surface area contributed by atoms with E-state index in [9.17, 15) is 0 Å². The van der Waals surface area contributed by atoms with Crippen LogP contribution in [0.4, 0.5) is 5.95 Å². The second kappa shape index (κ2) is 6.13. The minimum Gasteiger partial charge on any atom is -0.347 e. The quantitative estimate of drug-likeness (QED) is 0.703. The molecule has 4 rings (SSSR count). The van der Waals surface area contributed by atoms with Crippen LogP contribution in [0.2, 0.25) is 0 Å². The van der Waals surface area contributed by atoms with Gasteiger partial charge in [-0.25, -0.2) is 4.68 Å². The van der Waals surface area contributed by atoms with Crippen LogP contribution in [-0.2, 0) is 6.54 Å². The molecule has 9 heteroatoms. The molecule has 0 unspecified atom stereocenters. The molecule has 1 saturated heterocycles. The normalized spacial score (nSPS) is 17.5. The maximum absolute atomic E-state index is 4.21. The highest BCUT2D eigenvalue weighted by molar-refractivity contribution is 5.38. The standard InChI is InChI=1S/C14H17N9/c1-2-4-12(5-3-1)23-14(18-19-21-23)16-8-11-10-22(20-17-11)13-6-7-15-9-13/h1-5,10,13,15H,6-9H2,(H,16,18,21)/t13-/m0/s1. The third-order valence-corrected chi connectivity index (χ3v) is 3.86. The monoisotopic (exact) mass is 311 g/mol. The highest BCUT2D eigenvalue weighted by Crippen LogP contribution is 2.14. The molecule has 0 bridgehead atoms.